The van der Waals surface area contributed by atoms with Crippen LogP contribution in [0.15, 0.2) is 55.0 Å². The standard InChI is InChI=1S/C33H40N8O2/c1-23(2)40-12-9-26(35-40)22-41-28-6-4-5-25(32(28)33(36-41)24-7-8-24)19-30(42)29-21-34-31-20-27(10-11-39(29)31)43-18-17-38-15-13-37(3)14-16-38/h4-6,9-12,20-21,23-24H,7-8,13-19,22H2,1-3H3. The van der Waals surface area contributed by atoms with Gasteiger partial charge in [-0.05, 0) is 57.5 Å². The smallest absolute Gasteiger partial charge is 0.185 e. The van der Waals surface area contributed by atoms with Crippen LogP contribution in [0.1, 0.15) is 66.1 Å². The lowest BCUT2D eigenvalue weighted by atomic mass is 10.00. The minimum atomic E-state index is 0.0360. The van der Waals surface area contributed by atoms with Crippen LogP contribution in [-0.2, 0) is 13.0 Å². The molecule has 1 aliphatic heterocycles. The topological polar surface area (TPSA) is 85.7 Å². The fraction of sp³-hybridized carbons (Fsp3) is 0.455. The van der Waals surface area contributed by atoms with E-state index in [9.17, 15) is 4.79 Å². The number of nitrogens with zero attached hydrogens (tertiary/aromatic N) is 8. The first-order valence-corrected chi connectivity index (χ1v) is 15.5. The quantitative estimate of drug-likeness (QED) is 0.214. The molecule has 2 aliphatic rings. The van der Waals surface area contributed by atoms with E-state index in [1.807, 2.05) is 39.7 Å². The number of carbonyl (C=O) groups excluding carboxylic acids is 1. The summed E-state index contributed by atoms with van der Waals surface area (Å²) in [4.78, 5) is 23.0. The number of aromatic nitrogens is 6. The van der Waals surface area contributed by atoms with Gasteiger partial charge in [0.05, 0.1) is 29.6 Å². The van der Waals surface area contributed by atoms with Crippen LogP contribution < -0.4 is 4.74 Å². The Hall–Kier alpha value is -4.02. The zero-order valence-corrected chi connectivity index (χ0v) is 25.3. The van der Waals surface area contributed by atoms with E-state index >= 15 is 0 Å². The van der Waals surface area contributed by atoms with Gasteiger partial charge in [0.25, 0.3) is 0 Å². The van der Waals surface area contributed by atoms with Crippen LogP contribution in [0.5, 0.6) is 5.75 Å². The summed E-state index contributed by atoms with van der Waals surface area (Å²) in [5.74, 6) is 1.27. The first-order chi connectivity index (χ1) is 20.9. The molecular weight excluding hydrogens is 540 g/mol. The molecule has 0 N–H and O–H groups in total. The van der Waals surface area contributed by atoms with E-state index in [-0.39, 0.29) is 5.78 Å². The predicted octanol–water partition coefficient (Wildman–Crippen LogP) is 4.44. The van der Waals surface area contributed by atoms with Crippen LogP contribution in [0.3, 0.4) is 0 Å². The van der Waals surface area contributed by atoms with Crippen LogP contribution >= 0.6 is 0 Å². The average molecular weight is 581 g/mol. The lowest BCUT2D eigenvalue weighted by molar-refractivity contribution is 0.0987. The van der Waals surface area contributed by atoms with Gasteiger partial charge in [0.15, 0.2) is 5.78 Å². The van der Waals surface area contributed by atoms with E-state index in [4.69, 9.17) is 14.9 Å². The molecule has 1 saturated carbocycles. The fourth-order valence-electron chi connectivity index (χ4n) is 6.03. The summed E-state index contributed by atoms with van der Waals surface area (Å²) in [7, 11) is 2.17. The van der Waals surface area contributed by atoms with Crippen LogP contribution in [0.4, 0.5) is 0 Å². The van der Waals surface area contributed by atoms with Gasteiger partial charge in [-0.25, -0.2) is 4.98 Å². The van der Waals surface area contributed by atoms with Crippen LogP contribution in [0.25, 0.3) is 16.6 Å². The van der Waals surface area contributed by atoms with Crippen LogP contribution in [0.2, 0.25) is 0 Å². The summed E-state index contributed by atoms with van der Waals surface area (Å²) in [6.07, 6.45) is 8.18. The molecule has 1 saturated heterocycles. The normalized spacial score (nSPS) is 16.6. The van der Waals surface area contributed by atoms with E-state index in [2.05, 4.69) is 58.6 Å². The Bertz CT molecular complexity index is 1750. The highest BCUT2D eigenvalue weighted by Gasteiger charge is 2.31. The highest BCUT2D eigenvalue weighted by atomic mass is 16.5. The molecule has 0 unspecified atom stereocenters. The Labute approximate surface area is 251 Å². The van der Waals surface area contributed by atoms with Crippen molar-refractivity contribution >= 4 is 22.3 Å². The lowest BCUT2D eigenvalue weighted by Gasteiger charge is -2.32. The Balaban J connectivity index is 1.08. The Morgan fingerprint density at radius 2 is 1.88 bits per heavy atom. The van der Waals surface area contributed by atoms with Crippen LogP contribution in [0, 0.1) is 0 Å². The van der Waals surface area contributed by atoms with E-state index in [1.165, 1.54) is 0 Å². The van der Waals surface area contributed by atoms with E-state index < -0.39 is 0 Å². The van der Waals surface area contributed by atoms with E-state index in [0.717, 1.165) is 79.2 Å². The number of Topliss-reactive ketones (excluding diaryl/α,β-unsaturated/α-hetero) is 1. The number of hydrogen-bond donors (Lipinski definition) is 0. The van der Waals surface area contributed by atoms with Gasteiger partial charge in [-0.3, -0.25) is 23.5 Å². The number of ether oxygens (including phenoxy) is 1. The Morgan fingerprint density at radius 3 is 2.65 bits per heavy atom. The minimum absolute atomic E-state index is 0.0360. The number of hydrogen-bond acceptors (Lipinski definition) is 7. The second-order valence-corrected chi connectivity index (χ2v) is 12.3. The summed E-state index contributed by atoms with van der Waals surface area (Å²) in [6, 6.07) is 12.4. The fourth-order valence-corrected chi connectivity index (χ4v) is 6.03. The molecule has 10 heteroatoms. The van der Waals surface area contributed by atoms with Crippen molar-refractivity contribution in [3.63, 3.8) is 0 Å². The third kappa shape index (κ3) is 5.81. The van der Waals surface area contributed by atoms with Crippen molar-refractivity contribution in [2.45, 2.75) is 51.6 Å². The highest BCUT2D eigenvalue weighted by Crippen LogP contribution is 2.43. The first-order valence-electron chi connectivity index (χ1n) is 15.5. The van der Waals surface area contributed by atoms with Crippen molar-refractivity contribution in [3.05, 3.63) is 77.6 Å². The van der Waals surface area contributed by atoms with Crippen molar-refractivity contribution in [2.75, 3.05) is 46.4 Å². The number of carbonyl (C=O) groups is 1. The van der Waals surface area contributed by atoms with Crippen molar-refractivity contribution in [2.24, 2.45) is 0 Å². The van der Waals surface area contributed by atoms with Gasteiger partial charge in [0.2, 0.25) is 0 Å². The van der Waals surface area contributed by atoms with Crippen molar-refractivity contribution in [3.8, 4) is 5.75 Å². The van der Waals surface area contributed by atoms with Crippen LogP contribution in [-0.4, -0.2) is 90.9 Å². The monoisotopic (exact) mass is 580 g/mol. The molecule has 1 aromatic carbocycles. The molecule has 5 heterocycles. The number of benzene rings is 1. The Kier molecular flexibility index (Phi) is 7.48. The molecule has 0 spiro atoms. The summed E-state index contributed by atoms with van der Waals surface area (Å²) >= 11 is 0. The second kappa shape index (κ2) is 11.6. The molecule has 0 atom stereocenters. The average Bonchev–Trinajstić information content (AvgIpc) is 3.41. The molecular formula is C33H40N8O2. The van der Waals surface area contributed by atoms with Gasteiger partial charge in [0, 0.05) is 75.0 Å². The molecule has 1 aliphatic carbocycles. The molecule has 5 aromatic rings. The highest BCUT2D eigenvalue weighted by molar-refractivity contribution is 5.99. The van der Waals surface area contributed by atoms with Gasteiger partial charge in [-0.15, -0.1) is 0 Å². The number of fused-ring (bicyclic) bond motifs is 2. The zero-order valence-electron chi connectivity index (χ0n) is 25.3. The summed E-state index contributed by atoms with van der Waals surface area (Å²) in [6.45, 7) is 10.7. The Morgan fingerprint density at radius 1 is 1.05 bits per heavy atom. The number of pyridine rings is 1. The molecule has 0 radical (unpaired) electrons. The molecule has 0 bridgehead atoms. The molecule has 10 nitrogen and oxygen atoms in total. The van der Waals surface area contributed by atoms with Gasteiger partial charge in [-0.2, -0.15) is 10.2 Å². The maximum Gasteiger partial charge on any atom is 0.185 e. The SMILES string of the molecule is CC(C)n1ccc(Cn2nc(C3CC3)c3c(CC(=O)c4cnc5cc(OCCN6CCN(C)CC6)ccn45)cccc32)n1. The number of ketones is 1. The number of imidazole rings is 1. The molecule has 4 aromatic heterocycles. The predicted molar refractivity (Wildman–Crippen MR) is 166 cm³/mol. The molecule has 43 heavy (non-hydrogen) atoms. The molecule has 2 fully saturated rings. The maximum absolute atomic E-state index is 13.7. The van der Waals surface area contributed by atoms with Gasteiger partial charge in [0.1, 0.15) is 23.7 Å². The number of likely N-dealkylation sites (N-methyl/N-ethyl adjacent to an activating group) is 1. The summed E-state index contributed by atoms with van der Waals surface area (Å²) in [5.41, 5.74) is 5.46. The maximum atomic E-state index is 13.7. The minimum Gasteiger partial charge on any atom is -0.492 e. The first kappa shape index (κ1) is 27.8. The van der Waals surface area contributed by atoms with Gasteiger partial charge in [-0.1, -0.05) is 12.1 Å². The largest absolute Gasteiger partial charge is 0.492 e. The van der Waals surface area contributed by atoms with Crippen molar-refractivity contribution < 1.29 is 9.53 Å². The van der Waals surface area contributed by atoms with Gasteiger partial charge >= 0.3 is 0 Å². The third-order valence-electron chi connectivity index (χ3n) is 8.75. The lowest BCUT2D eigenvalue weighted by Crippen LogP contribution is -2.45. The zero-order chi connectivity index (χ0) is 29.5. The summed E-state index contributed by atoms with van der Waals surface area (Å²) in [5, 5.41) is 10.9. The summed E-state index contributed by atoms with van der Waals surface area (Å²) < 4.78 is 12.0. The number of piperazine rings is 1. The molecule has 7 rings (SSSR count). The molecule has 224 valence electrons. The van der Waals surface area contributed by atoms with Crippen molar-refractivity contribution in [1.82, 2.24) is 38.7 Å². The van der Waals surface area contributed by atoms with Gasteiger partial charge < -0.3 is 9.64 Å². The van der Waals surface area contributed by atoms with E-state index in [0.29, 0.717) is 42.9 Å². The molecule has 0 amide bonds. The number of rotatable bonds is 11. The second-order valence-electron chi connectivity index (χ2n) is 12.3. The van der Waals surface area contributed by atoms with Crippen molar-refractivity contribution in [1.29, 1.82) is 0 Å². The van der Waals surface area contributed by atoms with E-state index in [1.54, 1.807) is 6.20 Å². The third-order valence-corrected chi connectivity index (χ3v) is 8.75.